The lowest BCUT2D eigenvalue weighted by molar-refractivity contribution is -0.141. The maximum Gasteiger partial charge on any atom is 0.435 e. The number of anilines is 1. The van der Waals surface area contributed by atoms with Gasteiger partial charge in [-0.2, -0.15) is 23.0 Å². The summed E-state index contributed by atoms with van der Waals surface area (Å²) >= 11 is 17.6. The summed E-state index contributed by atoms with van der Waals surface area (Å²) in [6.45, 7) is -0.697. The molecule has 3 rings (SSSR count). The molecular weight excluding hydrogens is 470 g/mol. The van der Waals surface area contributed by atoms with E-state index in [0.29, 0.717) is 6.07 Å². The molecule has 30 heavy (non-hydrogen) atoms. The van der Waals surface area contributed by atoms with Crippen molar-refractivity contribution >= 4 is 46.4 Å². The second-order valence-electron chi connectivity index (χ2n) is 5.85. The molecule has 12 heteroatoms. The Kier molecular flexibility index (Phi) is 6.35. The monoisotopic (exact) mass is 479 g/mol. The number of hydrogen-bond donors (Lipinski definition) is 2. The molecule has 0 bridgehead atoms. The number of aromatic nitrogens is 2. The molecule has 0 fully saturated rings. The first-order valence-electron chi connectivity index (χ1n) is 8.09. The number of halogens is 6. The number of nitrogens with zero attached hydrogens (tertiary/aromatic N) is 2. The van der Waals surface area contributed by atoms with E-state index in [0.717, 1.165) is 4.68 Å². The van der Waals surface area contributed by atoms with Crippen molar-refractivity contribution < 1.29 is 27.8 Å². The summed E-state index contributed by atoms with van der Waals surface area (Å²) in [7, 11) is 0. The third kappa shape index (κ3) is 4.92. The standard InChI is InChI=1S/C18H11Cl3F3N3O3/c19-9-5-11(21)17(29)12(6-9)25-15(28)8-30-16-7-14(18(22,23)24)26-27(16)13-4-2-1-3-10(13)20/h1-7,29H,8H2,(H,25,28). The fourth-order valence-corrected chi connectivity index (χ4v) is 3.10. The number of hydrogen-bond acceptors (Lipinski definition) is 4. The molecule has 0 aliphatic heterocycles. The van der Waals surface area contributed by atoms with Crippen molar-refractivity contribution in [2.75, 3.05) is 11.9 Å². The van der Waals surface area contributed by atoms with Crippen LogP contribution in [0.3, 0.4) is 0 Å². The van der Waals surface area contributed by atoms with Crippen LogP contribution in [0.5, 0.6) is 11.6 Å². The quantitative estimate of drug-likeness (QED) is 0.468. The highest BCUT2D eigenvalue weighted by Crippen LogP contribution is 2.35. The number of aromatic hydroxyl groups is 1. The number of phenols is 1. The minimum atomic E-state index is -4.74. The number of rotatable bonds is 5. The third-order valence-corrected chi connectivity index (χ3v) is 4.53. The molecule has 3 aromatic rings. The molecule has 0 saturated heterocycles. The first-order chi connectivity index (χ1) is 14.1. The number of carbonyl (C=O) groups is 1. The molecular formula is C18H11Cl3F3N3O3. The zero-order valence-electron chi connectivity index (χ0n) is 14.7. The normalized spacial score (nSPS) is 11.4. The van der Waals surface area contributed by atoms with Gasteiger partial charge in [0.05, 0.1) is 21.4 Å². The largest absolute Gasteiger partial charge is 0.504 e. The maximum absolute atomic E-state index is 13.1. The van der Waals surface area contributed by atoms with E-state index in [1.54, 1.807) is 12.1 Å². The van der Waals surface area contributed by atoms with Gasteiger partial charge in [0, 0.05) is 11.1 Å². The van der Waals surface area contributed by atoms with Gasteiger partial charge in [-0.05, 0) is 24.3 Å². The molecule has 0 aliphatic carbocycles. The van der Waals surface area contributed by atoms with E-state index in [2.05, 4.69) is 10.4 Å². The van der Waals surface area contributed by atoms with Crippen molar-refractivity contribution in [2.45, 2.75) is 6.18 Å². The van der Waals surface area contributed by atoms with Crippen molar-refractivity contribution in [3.63, 3.8) is 0 Å². The number of phenolic OH excluding ortho intramolecular Hbond substituents is 1. The van der Waals surface area contributed by atoms with Crippen LogP contribution in [0, 0.1) is 0 Å². The average Bonchev–Trinajstić information content (AvgIpc) is 3.09. The van der Waals surface area contributed by atoms with Crippen LogP contribution in [0.15, 0.2) is 42.5 Å². The molecule has 158 valence electrons. The Morgan fingerprint density at radius 1 is 1.13 bits per heavy atom. The number of alkyl halides is 3. The van der Waals surface area contributed by atoms with Crippen molar-refractivity contribution in [1.29, 1.82) is 0 Å². The minimum absolute atomic E-state index is 0.0864. The van der Waals surface area contributed by atoms with Gasteiger partial charge in [-0.3, -0.25) is 4.79 Å². The van der Waals surface area contributed by atoms with E-state index >= 15 is 0 Å². The van der Waals surface area contributed by atoms with E-state index in [-0.39, 0.29) is 32.3 Å². The van der Waals surface area contributed by atoms with Crippen LogP contribution in [0.4, 0.5) is 18.9 Å². The molecule has 1 amide bonds. The van der Waals surface area contributed by atoms with Crippen LogP contribution in [0.1, 0.15) is 5.69 Å². The van der Waals surface area contributed by atoms with Crippen LogP contribution in [0.2, 0.25) is 15.1 Å². The summed E-state index contributed by atoms with van der Waals surface area (Å²) in [5.74, 6) is -1.57. The van der Waals surface area contributed by atoms with Crippen molar-refractivity contribution in [3.8, 4) is 17.3 Å². The molecule has 0 saturated carbocycles. The molecule has 0 unspecified atom stereocenters. The number of amides is 1. The molecule has 2 N–H and O–H groups in total. The lowest BCUT2D eigenvalue weighted by Gasteiger charge is -2.12. The highest BCUT2D eigenvalue weighted by molar-refractivity contribution is 6.36. The first-order valence-corrected chi connectivity index (χ1v) is 9.22. The molecule has 1 aromatic heterocycles. The number of para-hydroxylation sites is 1. The summed E-state index contributed by atoms with van der Waals surface area (Å²) in [6.07, 6.45) is -4.74. The number of ether oxygens (including phenoxy) is 1. The Morgan fingerprint density at radius 2 is 1.83 bits per heavy atom. The average molecular weight is 481 g/mol. The molecule has 0 aliphatic rings. The highest BCUT2D eigenvalue weighted by atomic mass is 35.5. The first kappa shape index (κ1) is 22.1. The molecule has 0 spiro atoms. The van der Waals surface area contributed by atoms with Gasteiger partial charge in [0.2, 0.25) is 5.88 Å². The van der Waals surface area contributed by atoms with Crippen molar-refractivity contribution in [3.05, 3.63) is 63.2 Å². The summed E-state index contributed by atoms with van der Waals surface area (Å²) < 4.78 is 45.4. The summed E-state index contributed by atoms with van der Waals surface area (Å²) in [4.78, 5) is 12.2. The Bertz CT molecular complexity index is 1100. The number of benzene rings is 2. The highest BCUT2D eigenvalue weighted by Gasteiger charge is 2.36. The van der Waals surface area contributed by atoms with Crippen LogP contribution in [-0.2, 0) is 11.0 Å². The van der Waals surface area contributed by atoms with Crippen LogP contribution in [-0.4, -0.2) is 27.4 Å². The maximum atomic E-state index is 13.1. The summed E-state index contributed by atoms with van der Waals surface area (Å²) in [5, 5.41) is 15.9. The Hall–Kier alpha value is -2.62. The molecule has 0 atom stereocenters. The van der Waals surface area contributed by atoms with Gasteiger partial charge in [-0.25, -0.2) is 0 Å². The second-order valence-corrected chi connectivity index (χ2v) is 7.10. The van der Waals surface area contributed by atoms with Gasteiger partial charge < -0.3 is 15.2 Å². The van der Waals surface area contributed by atoms with Crippen molar-refractivity contribution in [1.82, 2.24) is 9.78 Å². The van der Waals surface area contributed by atoms with Gasteiger partial charge in [0.15, 0.2) is 18.1 Å². The fourth-order valence-electron chi connectivity index (χ4n) is 2.39. The lowest BCUT2D eigenvalue weighted by atomic mass is 10.3. The van der Waals surface area contributed by atoms with Gasteiger partial charge in [0.1, 0.15) is 0 Å². The van der Waals surface area contributed by atoms with Gasteiger partial charge in [-0.1, -0.05) is 46.9 Å². The van der Waals surface area contributed by atoms with Crippen LogP contribution in [0.25, 0.3) is 5.69 Å². The fraction of sp³-hybridized carbons (Fsp3) is 0.111. The molecule has 6 nitrogen and oxygen atoms in total. The topological polar surface area (TPSA) is 76.4 Å². The summed E-state index contributed by atoms with van der Waals surface area (Å²) in [5.41, 5.74) is -1.18. The van der Waals surface area contributed by atoms with E-state index in [1.165, 1.54) is 24.3 Å². The predicted octanol–water partition coefficient (Wildman–Crippen LogP) is 5.57. The lowest BCUT2D eigenvalue weighted by Crippen LogP contribution is -2.21. The van der Waals surface area contributed by atoms with E-state index in [9.17, 15) is 23.1 Å². The molecule has 0 radical (unpaired) electrons. The van der Waals surface area contributed by atoms with Crippen LogP contribution >= 0.6 is 34.8 Å². The SMILES string of the molecule is O=C(COc1cc(C(F)(F)F)nn1-c1ccccc1Cl)Nc1cc(Cl)cc(Cl)c1O. The van der Waals surface area contributed by atoms with E-state index in [1.807, 2.05) is 0 Å². The zero-order valence-corrected chi connectivity index (χ0v) is 16.9. The van der Waals surface area contributed by atoms with E-state index in [4.69, 9.17) is 39.5 Å². The van der Waals surface area contributed by atoms with Crippen LogP contribution < -0.4 is 10.1 Å². The Labute approximate surface area is 182 Å². The molecule has 2 aromatic carbocycles. The number of carbonyl (C=O) groups excluding carboxylic acids is 1. The van der Waals surface area contributed by atoms with Gasteiger partial charge in [0.25, 0.3) is 5.91 Å². The van der Waals surface area contributed by atoms with Gasteiger partial charge >= 0.3 is 6.18 Å². The Balaban J connectivity index is 1.83. The van der Waals surface area contributed by atoms with E-state index < -0.39 is 30.1 Å². The van der Waals surface area contributed by atoms with Gasteiger partial charge in [-0.15, -0.1) is 0 Å². The second kappa shape index (κ2) is 8.63. The minimum Gasteiger partial charge on any atom is -0.504 e. The summed E-state index contributed by atoms with van der Waals surface area (Å²) in [6, 6.07) is 9.21. The molecule has 1 heterocycles. The smallest absolute Gasteiger partial charge is 0.435 e. The third-order valence-electron chi connectivity index (χ3n) is 3.70. The number of nitrogens with one attached hydrogen (secondary N) is 1. The zero-order chi connectivity index (χ0) is 22.1. The predicted molar refractivity (Wildman–Crippen MR) is 106 cm³/mol. The Morgan fingerprint density at radius 3 is 2.50 bits per heavy atom. The van der Waals surface area contributed by atoms with Crippen molar-refractivity contribution in [2.24, 2.45) is 0 Å².